The van der Waals surface area contributed by atoms with Crippen LogP contribution in [0.1, 0.15) is 6.42 Å². The molecule has 18 unspecified atom stereocenters. The summed E-state index contributed by atoms with van der Waals surface area (Å²) in [6, 6.07) is 0. The Balaban J connectivity index is 1.20. The van der Waals surface area contributed by atoms with Gasteiger partial charge >= 0.3 is 0 Å². The summed E-state index contributed by atoms with van der Waals surface area (Å²) < 4.78 is 68.4. The van der Waals surface area contributed by atoms with Gasteiger partial charge in [-0.3, -0.25) is 0 Å². The number of aliphatic hydroxyl groups excluding tert-OH is 18. The lowest BCUT2D eigenvalue weighted by atomic mass is 9.95. The van der Waals surface area contributed by atoms with E-state index in [1.807, 2.05) is 0 Å². The predicted molar refractivity (Wildman–Crippen MR) is 200 cm³/mol. The summed E-state index contributed by atoms with van der Waals surface area (Å²) in [6.45, 7) is -5.96. The van der Waals surface area contributed by atoms with Gasteiger partial charge in [0.15, 0.2) is 37.7 Å². The Bertz CT molecular complexity index is 1530. The van der Waals surface area contributed by atoms with Crippen molar-refractivity contribution in [3.63, 3.8) is 0 Å². The second-order valence-electron chi connectivity index (χ2n) is 17.2. The van der Waals surface area contributed by atoms with Crippen molar-refractivity contribution in [3.8, 4) is 0 Å². The van der Waals surface area contributed by atoms with E-state index in [9.17, 15) is 91.9 Å². The van der Waals surface area contributed by atoms with Crippen molar-refractivity contribution in [1.29, 1.82) is 0 Å². The molecule has 18 aliphatic heterocycles. The highest BCUT2D eigenvalue weighted by molar-refractivity contribution is 5.00. The summed E-state index contributed by atoms with van der Waals surface area (Å²) in [5, 5.41) is 196. The van der Waals surface area contributed by atoms with Crippen molar-refractivity contribution in [2.75, 3.05) is 39.6 Å². The molecule has 0 radical (unpaired) electrons. The fraction of sp³-hybridized carbons (Fsp3) is 1.00. The molecule has 67 heavy (non-hydrogen) atoms. The molecular weight excluding hydrogens is 924 g/mol. The van der Waals surface area contributed by atoms with Gasteiger partial charge in [0.1, 0.15) is 140 Å². The minimum Gasteiger partial charge on any atom is -0.394 e. The van der Waals surface area contributed by atoms with Gasteiger partial charge in [-0.2, -0.15) is 0 Å². The van der Waals surface area contributed by atoms with Crippen molar-refractivity contribution in [2.24, 2.45) is 0 Å². The van der Waals surface area contributed by atoms with Crippen LogP contribution in [0.25, 0.3) is 0 Å². The van der Waals surface area contributed by atoms with Gasteiger partial charge in [-0.05, 0) is 0 Å². The number of hydrogen-bond donors (Lipinski definition) is 18. The van der Waals surface area contributed by atoms with Crippen molar-refractivity contribution in [3.05, 3.63) is 0 Å². The molecule has 30 atom stereocenters. The molecule has 0 aromatic rings. The molecule has 0 spiro atoms. The van der Waals surface area contributed by atoms with Gasteiger partial charge in [0.05, 0.1) is 45.7 Å². The lowest BCUT2D eigenvalue weighted by Gasteiger charge is -2.50. The Kier molecular flexibility index (Phi) is 18.2. The van der Waals surface area contributed by atoms with E-state index in [-0.39, 0.29) is 0 Å². The average molecular weight is 987 g/mol. The van der Waals surface area contributed by atoms with Gasteiger partial charge in [-0.25, -0.2) is 0 Å². The zero-order chi connectivity index (χ0) is 48.8. The number of aliphatic hydroxyl groups is 18. The molecule has 18 rings (SSSR count). The van der Waals surface area contributed by atoms with Gasteiger partial charge in [-0.15, -0.1) is 0 Å². The minimum absolute atomic E-state index is 0.675. The molecule has 30 heteroatoms. The van der Waals surface area contributed by atoms with Crippen molar-refractivity contribution in [1.82, 2.24) is 0 Å². The lowest BCUT2D eigenvalue weighted by Crippen LogP contribution is -2.68. The zero-order valence-corrected chi connectivity index (χ0v) is 35.2. The van der Waals surface area contributed by atoms with Crippen molar-refractivity contribution in [2.45, 2.75) is 191 Å². The maximum absolute atomic E-state index is 11.3. The fourth-order valence-corrected chi connectivity index (χ4v) is 9.12. The van der Waals surface area contributed by atoms with Crippen LogP contribution in [0.4, 0.5) is 0 Å². The molecule has 0 aliphatic carbocycles. The van der Waals surface area contributed by atoms with Crippen LogP contribution in [-0.4, -0.2) is 316 Å². The molecule has 18 heterocycles. The van der Waals surface area contributed by atoms with Crippen LogP contribution < -0.4 is 0 Å². The third-order valence-electron chi connectivity index (χ3n) is 12.9. The summed E-state index contributed by atoms with van der Waals surface area (Å²) in [7, 11) is 0. The van der Waals surface area contributed by atoms with Crippen molar-refractivity contribution < 1.29 is 149 Å². The van der Waals surface area contributed by atoms with Crippen LogP contribution in [0, 0.1) is 0 Å². The van der Waals surface area contributed by atoms with E-state index in [1.54, 1.807) is 0 Å². The predicted octanol–water partition coefficient (Wildman–Crippen LogP) is -12.7. The molecule has 18 aliphatic rings. The van der Waals surface area contributed by atoms with E-state index in [0.717, 1.165) is 0 Å². The van der Waals surface area contributed by atoms with Crippen LogP contribution in [0.3, 0.4) is 0 Å². The van der Waals surface area contributed by atoms with E-state index < -0.39 is 230 Å². The van der Waals surface area contributed by atoms with Gasteiger partial charge < -0.3 is 149 Å². The second-order valence-corrected chi connectivity index (χ2v) is 17.2. The standard InChI is InChI=1S/C37H62O30/c38-2-10-26-8(44)1-9(45)32(56-10)63-27-11(3-39)58-34(22(52)16(27)46)65-29-13(5-41)60-36(24(54)18(29)48)67-31-15(7-43)61-37(25(55)20(31)50)66-30-14(6-42)59-35(23(53)19(30)49)64-28-12(4-40)57-33(62-26)21(51)17(28)47/h8-55H,1-7H2/t8?,9?,10?,11?,12?,13?,14?,15?,16?,17?,18?,19?,20?,21?,22?,23?,24?,25?,26-,27+,28+,29+,30+,31+,32+,33+,34+,35+,36+,37+/m0/s1. The highest BCUT2D eigenvalue weighted by Gasteiger charge is 2.58. The first-order chi connectivity index (χ1) is 31.9. The number of rotatable bonds is 6. The highest BCUT2D eigenvalue weighted by Crippen LogP contribution is 2.37. The molecule has 0 aromatic heterocycles. The molecule has 0 amide bonds. The van der Waals surface area contributed by atoms with Crippen LogP contribution in [0.2, 0.25) is 0 Å². The Morgan fingerprint density at radius 1 is 0.224 bits per heavy atom. The summed E-state index contributed by atoms with van der Waals surface area (Å²) in [5.74, 6) is 0. The Labute approximate surface area is 378 Å². The van der Waals surface area contributed by atoms with Crippen LogP contribution >= 0.6 is 0 Å². The van der Waals surface area contributed by atoms with Crippen LogP contribution in [0.5, 0.6) is 0 Å². The summed E-state index contributed by atoms with van der Waals surface area (Å²) in [6.07, 6.45) is -58.2. The van der Waals surface area contributed by atoms with E-state index in [4.69, 9.17) is 56.8 Å². The molecular formula is C37H62O30. The SMILES string of the molecule is OCC1O[C@@H]2O[C@@H]3C(CO)O[C@H](O[C@@H]4C(CO)O[C@H](O[C@@H]5C(CO)O[C@H](O[C@@H]6C(CO)O[C@H](O[C@H]7C(O)CC(O)[C@H](OC7CO)O[C@H]1C(O)C2O)C(O)C6O)C(O)C5O)C(O)C4O)C(O)C3O. The maximum Gasteiger partial charge on any atom is 0.187 e. The average Bonchev–Trinajstić information content (AvgIpc) is 3.42. The summed E-state index contributed by atoms with van der Waals surface area (Å²) in [4.78, 5) is 0. The van der Waals surface area contributed by atoms with Crippen molar-refractivity contribution >= 4 is 0 Å². The molecule has 0 saturated carbocycles. The molecule has 0 aromatic carbocycles. The summed E-state index contributed by atoms with van der Waals surface area (Å²) >= 11 is 0. The number of hydrogen-bond acceptors (Lipinski definition) is 30. The smallest absolute Gasteiger partial charge is 0.187 e. The minimum atomic E-state index is -2.15. The highest BCUT2D eigenvalue weighted by atomic mass is 16.8. The van der Waals surface area contributed by atoms with E-state index >= 15 is 0 Å². The molecule has 18 saturated heterocycles. The summed E-state index contributed by atoms with van der Waals surface area (Å²) in [5.41, 5.74) is 0. The quantitative estimate of drug-likeness (QED) is 0.117. The third-order valence-corrected chi connectivity index (χ3v) is 12.9. The topological polar surface area (TPSA) is 475 Å². The van der Waals surface area contributed by atoms with E-state index in [1.165, 1.54) is 0 Å². The van der Waals surface area contributed by atoms with Gasteiger partial charge in [0.25, 0.3) is 0 Å². The number of ether oxygens (including phenoxy) is 12. The second kappa shape index (κ2) is 22.7. The Morgan fingerprint density at radius 2 is 0.418 bits per heavy atom. The third kappa shape index (κ3) is 10.7. The monoisotopic (exact) mass is 986 g/mol. The first kappa shape index (κ1) is 53.6. The van der Waals surface area contributed by atoms with Gasteiger partial charge in [0.2, 0.25) is 0 Å². The largest absolute Gasteiger partial charge is 0.394 e. The van der Waals surface area contributed by atoms with E-state index in [0.29, 0.717) is 0 Å². The maximum atomic E-state index is 11.3. The van der Waals surface area contributed by atoms with Gasteiger partial charge in [0, 0.05) is 6.42 Å². The first-order valence-electron chi connectivity index (χ1n) is 21.6. The van der Waals surface area contributed by atoms with Gasteiger partial charge in [-0.1, -0.05) is 0 Å². The Morgan fingerprint density at radius 3 is 0.657 bits per heavy atom. The molecule has 390 valence electrons. The molecule has 30 nitrogen and oxygen atoms in total. The molecule has 18 N–H and O–H groups in total. The zero-order valence-electron chi connectivity index (χ0n) is 35.2. The van der Waals surface area contributed by atoms with Crippen LogP contribution in [0.15, 0.2) is 0 Å². The lowest BCUT2D eigenvalue weighted by molar-refractivity contribution is -0.397. The molecule has 18 fully saturated rings. The first-order valence-corrected chi connectivity index (χ1v) is 21.6. The fourth-order valence-electron chi connectivity index (χ4n) is 9.12. The molecule has 12 bridgehead atoms. The Hall–Kier alpha value is -1.20. The van der Waals surface area contributed by atoms with E-state index in [2.05, 4.69) is 0 Å². The van der Waals surface area contributed by atoms with Crippen LogP contribution in [-0.2, 0) is 56.8 Å². The normalized spacial score (nSPS) is 54.9.